The van der Waals surface area contributed by atoms with E-state index in [1.165, 1.54) is 31.4 Å². The molecule has 144 valence electrons. The lowest BCUT2D eigenvalue weighted by atomic mass is 10.0. The van der Waals surface area contributed by atoms with Crippen LogP contribution in [0.1, 0.15) is 33.5 Å². The minimum Gasteiger partial charge on any atom is -0.496 e. The summed E-state index contributed by atoms with van der Waals surface area (Å²) < 4.78 is 21.4. The number of hydrogen-bond acceptors (Lipinski definition) is 6. The summed E-state index contributed by atoms with van der Waals surface area (Å²) in [4.78, 5) is 24.7. The van der Waals surface area contributed by atoms with Crippen molar-refractivity contribution in [1.82, 2.24) is 0 Å². The van der Waals surface area contributed by atoms with Crippen LogP contribution < -0.4 is 15.1 Å². The van der Waals surface area contributed by atoms with Gasteiger partial charge in [-0.05, 0) is 54.7 Å². The summed E-state index contributed by atoms with van der Waals surface area (Å²) in [7, 11) is 2.95. The Morgan fingerprint density at radius 2 is 1.71 bits per heavy atom. The maximum absolute atomic E-state index is 12.7. The number of carbonyl (C=O) groups is 1. The summed E-state index contributed by atoms with van der Waals surface area (Å²) in [6.07, 6.45) is 3.08. The van der Waals surface area contributed by atoms with Gasteiger partial charge in [0.1, 0.15) is 29.3 Å². The van der Waals surface area contributed by atoms with E-state index in [1.54, 1.807) is 18.2 Å². The highest BCUT2D eigenvalue weighted by molar-refractivity contribution is 5.95. The van der Waals surface area contributed by atoms with Crippen LogP contribution in [0.4, 0.5) is 0 Å². The fourth-order valence-electron chi connectivity index (χ4n) is 3.68. The third kappa shape index (κ3) is 3.22. The molecule has 28 heavy (non-hydrogen) atoms. The van der Waals surface area contributed by atoms with Gasteiger partial charge < -0.3 is 18.6 Å². The Kier molecular flexibility index (Phi) is 4.77. The SMILES string of the molecule is COc1cccc(OC)c1C(=O)OCc1cc(=O)oc2cc3c(cc12)CCC3. The number of carbonyl (C=O) groups excluding carboxylic acids is 1. The van der Waals surface area contributed by atoms with Crippen LogP contribution >= 0.6 is 0 Å². The summed E-state index contributed by atoms with van der Waals surface area (Å²) in [5.74, 6) is 0.135. The van der Waals surface area contributed by atoms with Crippen LogP contribution in [0.3, 0.4) is 0 Å². The number of rotatable bonds is 5. The minimum absolute atomic E-state index is 0.0546. The van der Waals surface area contributed by atoms with Gasteiger partial charge in [-0.1, -0.05) is 6.07 Å². The van der Waals surface area contributed by atoms with Crippen LogP contribution in [0.5, 0.6) is 11.5 Å². The van der Waals surface area contributed by atoms with Crippen molar-refractivity contribution in [2.24, 2.45) is 0 Å². The van der Waals surface area contributed by atoms with Crippen LogP contribution in [0.2, 0.25) is 0 Å². The quantitative estimate of drug-likeness (QED) is 0.497. The molecule has 0 unspecified atom stereocenters. The van der Waals surface area contributed by atoms with Gasteiger partial charge in [0.05, 0.1) is 14.2 Å². The number of benzene rings is 2. The zero-order valence-electron chi connectivity index (χ0n) is 15.7. The van der Waals surface area contributed by atoms with Crippen LogP contribution in [0.15, 0.2) is 45.6 Å². The van der Waals surface area contributed by atoms with Crippen molar-refractivity contribution < 1.29 is 23.4 Å². The van der Waals surface area contributed by atoms with Gasteiger partial charge in [0.15, 0.2) is 0 Å². The molecule has 1 aliphatic rings. The lowest BCUT2D eigenvalue weighted by Crippen LogP contribution is -2.10. The molecule has 3 aromatic rings. The lowest BCUT2D eigenvalue weighted by Gasteiger charge is -2.13. The Morgan fingerprint density at radius 3 is 2.39 bits per heavy atom. The highest BCUT2D eigenvalue weighted by Gasteiger charge is 2.21. The Labute approximate surface area is 161 Å². The average Bonchev–Trinajstić information content (AvgIpc) is 3.16. The Morgan fingerprint density at radius 1 is 1.04 bits per heavy atom. The van der Waals surface area contributed by atoms with E-state index in [-0.39, 0.29) is 12.2 Å². The molecule has 0 radical (unpaired) electrons. The molecule has 0 atom stereocenters. The second kappa shape index (κ2) is 7.38. The largest absolute Gasteiger partial charge is 0.496 e. The summed E-state index contributed by atoms with van der Waals surface area (Å²) in [5, 5.41) is 0.792. The van der Waals surface area contributed by atoms with E-state index < -0.39 is 11.6 Å². The minimum atomic E-state index is -0.586. The summed E-state index contributed by atoms with van der Waals surface area (Å²) >= 11 is 0. The van der Waals surface area contributed by atoms with Crippen LogP contribution in [0, 0.1) is 0 Å². The highest BCUT2D eigenvalue weighted by Crippen LogP contribution is 2.31. The van der Waals surface area contributed by atoms with E-state index in [0.29, 0.717) is 22.6 Å². The Hall–Kier alpha value is -3.28. The van der Waals surface area contributed by atoms with Gasteiger partial charge in [-0.3, -0.25) is 0 Å². The van der Waals surface area contributed by atoms with Gasteiger partial charge in [0, 0.05) is 17.0 Å². The van der Waals surface area contributed by atoms with Crippen molar-refractivity contribution in [3.8, 4) is 11.5 Å². The number of fused-ring (bicyclic) bond motifs is 2. The predicted molar refractivity (Wildman–Crippen MR) is 103 cm³/mol. The standard InChI is InChI=1S/C22H20O6/c1-25-17-7-4-8-18(26-2)21(17)22(24)27-12-15-11-20(23)28-19-10-14-6-3-5-13(14)9-16(15)19/h4,7-11H,3,5-6,12H2,1-2H3. The molecule has 1 heterocycles. The second-order valence-electron chi connectivity index (χ2n) is 6.67. The van der Waals surface area contributed by atoms with Crippen molar-refractivity contribution in [2.75, 3.05) is 14.2 Å². The van der Waals surface area contributed by atoms with Gasteiger partial charge in [0.25, 0.3) is 0 Å². The molecule has 6 heteroatoms. The smallest absolute Gasteiger partial charge is 0.346 e. The molecule has 0 saturated heterocycles. The molecule has 0 N–H and O–H groups in total. The summed E-state index contributed by atoms with van der Waals surface area (Å²) in [6.45, 7) is -0.0546. The van der Waals surface area contributed by atoms with Crippen molar-refractivity contribution >= 4 is 16.9 Å². The van der Waals surface area contributed by atoms with E-state index >= 15 is 0 Å². The number of esters is 1. The first kappa shape index (κ1) is 18.1. The molecule has 0 fully saturated rings. The molecule has 4 rings (SSSR count). The van der Waals surface area contributed by atoms with E-state index in [2.05, 4.69) is 0 Å². The fourth-order valence-corrected chi connectivity index (χ4v) is 3.68. The molecular formula is C22H20O6. The molecule has 6 nitrogen and oxygen atoms in total. The van der Waals surface area contributed by atoms with E-state index in [1.807, 2.05) is 12.1 Å². The van der Waals surface area contributed by atoms with Gasteiger partial charge in [0.2, 0.25) is 0 Å². The molecule has 1 aromatic heterocycles. The van der Waals surface area contributed by atoms with Gasteiger partial charge >= 0.3 is 11.6 Å². The molecule has 0 spiro atoms. The van der Waals surface area contributed by atoms with Gasteiger partial charge in [-0.2, -0.15) is 0 Å². The highest BCUT2D eigenvalue weighted by atomic mass is 16.5. The van der Waals surface area contributed by atoms with Crippen LogP contribution in [-0.2, 0) is 24.2 Å². The van der Waals surface area contributed by atoms with Crippen molar-refractivity contribution in [1.29, 1.82) is 0 Å². The monoisotopic (exact) mass is 380 g/mol. The molecular weight excluding hydrogens is 360 g/mol. The first-order valence-electron chi connectivity index (χ1n) is 9.07. The van der Waals surface area contributed by atoms with Gasteiger partial charge in [-0.25, -0.2) is 9.59 Å². The number of ether oxygens (including phenoxy) is 3. The zero-order chi connectivity index (χ0) is 19.7. The number of aryl methyl sites for hydroxylation is 2. The van der Waals surface area contributed by atoms with Gasteiger partial charge in [-0.15, -0.1) is 0 Å². The summed E-state index contributed by atoms with van der Waals surface area (Å²) in [6, 6.07) is 10.4. The molecule has 0 bridgehead atoms. The predicted octanol–water partition coefficient (Wildman–Crippen LogP) is 3.66. The van der Waals surface area contributed by atoms with Crippen LogP contribution in [0.25, 0.3) is 11.0 Å². The van der Waals surface area contributed by atoms with Crippen molar-refractivity contribution in [3.63, 3.8) is 0 Å². The van der Waals surface area contributed by atoms with E-state index in [4.69, 9.17) is 18.6 Å². The lowest BCUT2D eigenvalue weighted by molar-refractivity contribution is 0.0466. The van der Waals surface area contributed by atoms with Crippen LogP contribution in [-0.4, -0.2) is 20.2 Å². The maximum atomic E-state index is 12.7. The first-order chi connectivity index (χ1) is 13.6. The topological polar surface area (TPSA) is 75.0 Å². The molecule has 0 saturated carbocycles. The van der Waals surface area contributed by atoms with Crippen molar-refractivity contribution in [2.45, 2.75) is 25.9 Å². The maximum Gasteiger partial charge on any atom is 0.346 e. The Bertz CT molecular complexity index is 1090. The average molecular weight is 380 g/mol. The third-order valence-electron chi connectivity index (χ3n) is 5.03. The molecule has 0 amide bonds. The van der Waals surface area contributed by atoms with Crippen molar-refractivity contribution in [3.05, 3.63) is 69.1 Å². The fraction of sp³-hybridized carbons (Fsp3) is 0.273. The molecule has 1 aliphatic carbocycles. The zero-order valence-corrected chi connectivity index (χ0v) is 15.7. The summed E-state index contributed by atoms with van der Waals surface area (Å²) in [5.41, 5.74) is 3.34. The molecule has 0 aliphatic heterocycles. The normalized spacial score (nSPS) is 12.6. The Balaban J connectivity index is 1.67. The first-order valence-corrected chi connectivity index (χ1v) is 9.07. The third-order valence-corrected chi connectivity index (χ3v) is 5.03. The second-order valence-corrected chi connectivity index (χ2v) is 6.67. The van der Waals surface area contributed by atoms with E-state index in [9.17, 15) is 9.59 Å². The molecule has 2 aromatic carbocycles. The number of hydrogen-bond donors (Lipinski definition) is 0. The van der Waals surface area contributed by atoms with E-state index in [0.717, 1.165) is 24.6 Å². The number of methoxy groups -OCH3 is 2.